The molecule has 1 aromatic heterocycles. The molecule has 148 valence electrons. The molecule has 2 aromatic rings. The maximum Gasteiger partial charge on any atom is 0.241 e. The van der Waals surface area contributed by atoms with Crippen molar-refractivity contribution in [3.63, 3.8) is 0 Å². The number of benzene rings is 1. The number of nitrogens with one attached hydrogen (secondary N) is 2. The Morgan fingerprint density at radius 3 is 2.33 bits per heavy atom. The second-order valence-corrected chi connectivity index (χ2v) is 9.42. The third-order valence-electron chi connectivity index (χ3n) is 4.02. The number of sulfonamides is 1. The average molecular weight is 411 g/mol. The summed E-state index contributed by atoms with van der Waals surface area (Å²) in [6.45, 7) is 5.78. The Kier molecular flexibility index (Phi) is 7.41. The Bertz CT molecular complexity index is 831. The van der Waals surface area contributed by atoms with Crippen molar-refractivity contribution >= 4 is 27.3 Å². The summed E-state index contributed by atoms with van der Waals surface area (Å²) in [5.41, 5.74) is 0. The minimum absolute atomic E-state index is 0.0937. The SMILES string of the molecule is COc1ccc(S(=O)(=O)N[C@@H](CC(C)C)C(=O)N[C@H](C)c2cccs2)cc1. The van der Waals surface area contributed by atoms with Crippen LogP contribution in [0.25, 0.3) is 0 Å². The van der Waals surface area contributed by atoms with Gasteiger partial charge in [-0.25, -0.2) is 8.42 Å². The van der Waals surface area contributed by atoms with Gasteiger partial charge in [-0.05, 0) is 55.0 Å². The van der Waals surface area contributed by atoms with Crippen LogP contribution in [0, 0.1) is 5.92 Å². The van der Waals surface area contributed by atoms with Gasteiger partial charge in [-0.2, -0.15) is 4.72 Å². The van der Waals surface area contributed by atoms with Crippen LogP contribution in [0.4, 0.5) is 0 Å². The first-order valence-corrected chi connectivity index (χ1v) is 11.1. The van der Waals surface area contributed by atoms with E-state index in [1.165, 1.54) is 19.2 Å². The van der Waals surface area contributed by atoms with Crippen molar-refractivity contribution in [3.8, 4) is 5.75 Å². The van der Waals surface area contributed by atoms with Gasteiger partial charge in [0.1, 0.15) is 11.8 Å². The van der Waals surface area contributed by atoms with E-state index in [2.05, 4.69) is 10.0 Å². The monoisotopic (exact) mass is 410 g/mol. The summed E-state index contributed by atoms with van der Waals surface area (Å²) in [5.74, 6) is 0.383. The summed E-state index contributed by atoms with van der Waals surface area (Å²) < 4.78 is 33.0. The van der Waals surface area contributed by atoms with E-state index in [1.807, 2.05) is 38.3 Å². The number of carbonyl (C=O) groups excluding carboxylic acids is 1. The molecular weight excluding hydrogens is 384 g/mol. The van der Waals surface area contributed by atoms with Crippen molar-refractivity contribution in [2.75, 3.05) is 7.11 Å². The van der Waals surface area contributed by atoms with E-state index in [0.717, 1.165) is 4.88 Å². The van der Waals surface area contributed by atoms with Crippen LogP contribution in [0.2, 0.25) is 0 Å². The van der Waals surface area contributed by atoms with Crippen molar-refractivity contribution in [1.82, 2.24) is 10.0 Å². The van der Waals surface area contributed by atoms with Gasteiger partial charge in [-0.1, -0.05) is 19.9 Å². The molecule has 2 rings (SSSR count). The summed E-state index contributed by atoms with van der Waals surface area (Å²) >= 11 is 1.55. The lowest BCUT2D eigenvalue weighted by Gasteiger charge is -2.22. The first-order chi connectivity index (χ1) is 12.7. The molecule has 1 heterocycles. The van der Waals surface area contributed by atoms with Gasteiger partial charge in [0, 0.05) is 4.88 Å². The lowest BCUT2D eigenvalue weighted by molar-refractivity contribution is -0.123. The Balaban J connectivity index is 2.15. The topological polar surface area (TPSA) is 84.5 Å². The van der Waals surface area contributed by atoms with Crippen molar-refractivity contribution in [1.29, 1.82) is 0 Å². The predicted octanol–water partition coefficient (Wildman–Crippen LogP) is 3.33. The highest BCUT2D eigenvalue weighted by Crippen LogP contribution is 2.20. The highest BCUT2D eigenvalue weighted by Gasteiger charge is 2.27. The van der Waals surface area contributed by atoms with Crippen LogP contribution >= 0.6 is 11.3 Å². The van der Waals surface area contributed by atoms with E-state index in [-0.39, 0.29) is 22.8 Å². The molecule has 2 N–H and O–H groups in total. The van der Waals surface area contributed by atoms with Crippen LogP contribution in [0.3, 0.4) is 0 Å². The van der Waals surface area contributed by atoms with Gasteiger partial charge in [0.2, 0.25) is 15.9 Å². The number of ether oxygens (including phenoxy) is 1. The molecule has 8 heteroatoms. The maximum atomic E-state index is 12.7. The van der Waals surface area contributed by atoms with Crippen LogP contribution in [0.1, 0.15) is 38.1 Å². The van der Waals surface area contributed by atoms with E-state index in [9.17, 15) is 13.2 Å². The van der Waals surface area contributed by atoms with E-state index in [1.54, 1.807) is 23.5 Å². The summed E-state index contributed by atoms with van der Waals surface area (Å²) in [4.78, 5) is 13.9. The Labute approximate surface area is 165 Å². The van der Waals surface area contributed by atoms with Gasteiger partial charge < -0.3 is 10.1 Å². The van der Waals surface area contributed by atoms with E-state index in [0.29, 0.717) is 12.2 Å². The Morgan fingerprint density at radius 2 is 1.81 bits per heavy atom. The van der Waals surface area contributed by atoms with Crippen LogP contribution in [-0.2, 0) is 14.8 Å². The summed E-state index contributed by atoms with van der Waals surface area (Å²) in [6.07, 6.45) is 0.401. The molecular formula is C19H26N2O4S2. The molecule has 0 aliphatic heterocycles. The van der Waals surface area contributed by atoms with E-state index in [4.69, 9.17) is 4.74 Å². The molecule has 0 saturated carbocycles. The van der Waals surface area contributed by atoms with Gasteiger partial charge in [-0.3, -0.25) is 4.79 Å². The molecule has 0 aliphatic carbocycles. The standard InChI is InChI=1S/C19H26N2O4S2/c1-13(2)12-17(19(22)20-14(3)18-6-5-11-26-18)21-27(23,24)16-9-7-15(25-4)8-10-16/h5-11,13-14,17,21H,12H2,1-4H3,(H,20,22)/t14-,17+/m1/s1. The fraction of sp³-hybridized carbons (Fsp3) is 0.421. The first-order valence-electron chi connectivity index (χ1n) is 8.73. The number of hydrogen-bond donors (Lipinski definition) is 2. The first kappa shape index (κ1) is 21.4. The molecule has 0 unspecified atom stereocenters. The second kappa shape index (κ2) is 9.34. The largest absolute Gasteiger partial charge is 0.497 e. The molecule has 6 nitrogen and oxygen atoms in total. The van der Waals surface area contributed by atoms with E-state index < -0.39 is 16.1 Å². The number of methoxy groups -OCH3 is 1. The molecule has 0 fully saturated rings. The molecule has 0 spiro atoms. The zero-order valence-corrected chi connectivity index (χ0v) is 17.6. The van der Waals surface area contributed by atoms with Gasteiger partial charge in [0.25, 0.3) is 0 Å². The third-order valence-corrected chi connectivity index (χ3v) is 6.56. The van der Waals surface area contributed by atoms with Crippen LogP contribution < -0.4 is 14.8 Å². The summed E-state index contributed by atoms with van der Waals surface area (Å²) in [5, 5.41) is 4.85. The molecule has 27 heavy (non-hydrogen) atoms. The van der Waals surface area contributed by atoms with E-state index >= 15 is 0 Å². The molecule has 0 saturated heterocycles. The van der Waals surface area contributed by atoms with Crippen molar-refractivity contribution < 1.29 is 17.9 Å². The highest BCUT2D eigenvalue weighted by molar-refractivity contribution is 7.89. The minimum atomic E-state index is -3.83. The van der Waals surface area contributed by atoms with Crippen LogP contribution in [0.5, 0.6) is 5.75 Å². The summed E-state index contributed by atoms with van der Waals surface area (Å²) in [6, 6.07) is 8.89. The van der Waals surface area contributed by atoms with Crippen LogP contribution in [0.15, 0.2) is 46.7 Å². The average Bonchev–Trinajstić information content (AvgIpc) is 3.15. The lowest BCUT2D eigenvalue weighted by Crippen LogP contribution is -2.47. The molecule has 0 aliphatic rings. The lowest BCUT2D eigenvalue weighted by atomic mass is 10.0. The second-order valence-electron chi connectivity index (χ2n) is 6.72. The smallest absolute Gasteiger partial charge is 0.241 e. The van der Waals surface area contributed by atoms with Gasteiger partial charge >= 0.3 is 0 Å². The quantitative estimate of drug-likeness (QED) is 0.664. The molecule has 1 aromatic carbocycles. The van der Waals surface area contributed by atoms with Crippen molar-refractivity contribution in [2.24, 2.45) is 5.92 Å². The molecule has 2 atom stereocenters. The fourth-order valence-corrected chi connectivity index (χ4v) is 4.56. The van der Waals surface area contributed by atoms with Gasteiger partial charge in [-0.15, -0.1) is 11.3 Å². The number of thiophene rings is 1. The molecule has 1 amide bonds. The Hall–Kier alpha value is -1.90. The number of rotatable bonds is 9. The predicted molar refractivity (Wildman–Crippen MR) is 107 cm³/mol. The summed E-state index contributed by atoms with van der Waals surface area (Å²) in [7, 11) is -2.32. The fourth-order valence-electron chi connectivity index (χ4n) is 2.61. The van der Waals surface area contributed by atoms with Gasteiger partial charge in [0.05, 0.1) is 18.0 Å². The van der Waals surface area contributed by atoms with Crippen LogP contribution in [-0.4, -0.2) is 27.5 Å². The minimum Gasteiger partial charge on any atom is -0.497 e. The number of amides is 1. The third kappa shape index (κ3) is 6.05. The number of carbonyl (C=O) groups is 1. The van der Waals surface area contributed by atoms with Gasteiger partial charge in [0.15, 0.2) is 0 Å². The zero-order valence-electron chi connectivity index (χ0n) is 15.9. The normalized spacial score (nSPS) is 14.0. The molecule has 0 radical (unpaired) electrons. The highest BCUT2D eigenvalue weighted by atomic mass is 32.2. The number of hydrogen-bond acceptors (Lipinski definition) is 5. The Morgan fingerprint density at radius 1 is 1.15 bits per heavy atom. The van der Waals surface area contributed by atoms with Crippen molar-refractivity contribution in [3.05, 3.63) is 46.7 Å². The zero-order chi connectivity index (χ0) is 20.0. The van der Waals surface area contributed by atoms with Crippen molar-refractivity contribution in [2.45, 2.75) is 44.2 Å². The molecule has 0 bridgehead atoms. The maximum absolute atomic E-state index is 12.7.